The molecular weight excluding hydrogens is 184 g/mol. The Morgan fingerprint density at radius 2 is 1.73 bits per heavy atom. The van der Waals surface area contributed by atoms with Crippen LogP contribution in [-0.4, -0.2) is 5.78 Å². The number of rotatable bonds is 3. The first-order valence-corrected chi connectivity index (χ1v) is 5.56. The largest absolute Gasteiger partial charge is 0.298 e. The van der Waals surface area contributed by atoms with Gasteiger partial charge in [0, 0.05) is 11.3 Å². The van der Waals surface area contributed by atoms with Crippen LogP contribution in [0.5, 0.6) is 0 Å². The molecule has 0 saturated carbocycles. The van der Waals surface area contributed by atoms with Crippen molar-refractivity contribution in [3.8, 4) is 0 Å². The quantitative estimate of drug-likeness (QED) is 0.732. The summed E-state index contributed by atoms with van der Waals surface area (Å²) in [4.78, 5) is 12.2. The van der Waals surface area contributed by atoms with Crippen LogP contribution < -0.4 is 0 Å². The first-order chi connectivity index (χ1) is 6.96. The Hall–Kier alpha value is -1.11. The minimum absolute atomic E-state index is 0.0474. The lowest BCUT2D eigenvalue weighted by molar-refractivity contribution is -0.127. The maximum Gasteiger partial charge on any atom is 0.145 e. The average Bonchev–Trinajstić information content (AvgIpc) is 2.19. The molecular formula is C14H20O. The molecule has 82 valence electrons. The summed E-state index contributed by atoms with van der Waals surface area (Å²) in [7, 11) is 0. The zero-order valence-electron chi connectivity index (χ0n) is 10.1. The van der Waals surface area contributed by atoms with Crippen LogP contribution in [0.1, 0.15) is 45.6 Å². The Kier molecular flexibility index (Phi) is 3.67. The third-order valence-electron chi connectivity index (χ3n) is 2.67. The van der Waals surface area contributed by atoms with E-state index < -0.39 is 0 Å². The molecule has 1 rings (SSSR count). The fraction of sp³-hybridized carbons (Fsp3) is 0.500. The van der Waals surface area contributed by atoms with E-state index in [4.69, 9.17) is 0 Å². The van der Waals surface area contributed by atoms with E-state index in [1.54, 1.807) is 0 Å². The Morgan fingerprint density at radius 3 is 2.13 bits per heavy atom. The highest BCUT2D eigenvalue weighted by Crippen LogP contribution is 2.29. The molecule has 0 aliphatic rings. The van der Waals surface area contributed by atoms with E-state index in [1.165, 1.54) is 0 Å². The number of hydrogen-bond donors (Lipinski definition) is 0. The van der Waals surface area contributed by atoms with Crippen molar-refractivity contribution in [1.82, 2.24) is 0 Å². The minimum Gasteiger partial charge on any atom is -0.298 e. The summed E-state index contributed by atoms with van der Waals surface area (Å²) in [6, 6.07) is 10.1. The summed E-state index contributed by atoms with van der Waals surface area (Å²) < 4.78 is 0. The van der Waals surface area contributed by atoms with Crippen LogP contribution in [0.3, 0.4) is 0 Å². The molecule has 0 radical (unpaired) electrons. The maximum atomic E-state index is 12.2. The Morgan fingerprint density at radius 1 is 1.20 bits per heavy atom. The van der Waals surface area contributed by atoms with Crippen LogP contribution in [0.25, 0.3) is 0 Å². The molecule has 0 bridgehead atoms. The van der Waals surface area contributed by atoms with Crippen LogP contribution in [0.4, 0.5) is 0 Å². The molecule has 0 aromatic heterocycles. The minimum atomic E-state index is -0.253. The van der Waals surface area contributed by atoms with Crippen molar-refractivity contribution in [2.75, 3.05) is 0 Å². The molecule has 0 amide bonds. The lowest BCUT2D eigenvalue weighted by Crippen LogP contribution is -2.26. The molecule has 0 spiro atoms. The van der Waals surface area contributed by atoms with Crippen molar-refractivity contribution in [1.29, 1.82) is 0 Å². The highest BCUT2D eigenvalue weighted by molar-refractivity contribution is 5.90. The summed E-state index contributed by atoms with van der Waals surface area (Å²) in [6.07, 6.45) is 0.875. The molecule has 1 aromatic rings. The standard InChI is InChI=1S/C14H20O/c1-5-12(13(15)14(2,3)4)11-9-7-6-8-10-11/h6-10,12H,5H2,1-4H3/t12-/m1/s1. The van der Waals surface area contributed by atoms with Crippen molar-refractivity contribution in [2.24, 2.45) is 5.41 Å². The van der Waals surface area contributed by atoms with Gasteiger partial charge in [-0.1, -0.05) is 58.0 Å². The number of hydrogen-bond acceptors (Lipinski definition) is 1. The number of Topliss-reactive ketones (excluding diaryl/α,β-unsaturated/α-hetero) is 1. The van der Waals surface area contributed by atoms with Crippen LogP contribution in [-0.2, 0) is 4.79 Å². The van der Waals surface area contributed by atoms with Crippen molar-refractivity contribution in [2.45, 2.75) is 40.0 Å². The van der Waals surface area contributed by atoms with E-state index in [0.717, 1.165) is 12.0 Å². The molecule has 15 heavy (non-hydrogen) atoms. The molecule has 1 heteroatoms. The van der Waals surface area contributed by atoms with E-state index in [2.05, 4.69) is 6.92 Å². The summed E-state index contributed by atoms with van der Waals surface area (Å²) in [5, 5.41) is 0. The predicted molar refractivity (Wildman–Crippen MR) is 63.9 cm³/mol. The van der Waals surface area contributed by atoms with Gasteiger partial charge in [0.15, 0.2) is 0 Å². The van der Waals surface area contributed by atoms with Crippen molar-refractivity contribution < 1.29 is 4.79 Å². The van der Waals surface area contributed by atoms with E-state index in [-0.39, 0.29) is 11.3 Å². The molecule has 0 aliphatic carbocycles. The van der Waals surface area contributed by atoms with Gasteiger partial charge in [-0.2, -0.15) is 0 Å². The van der Waals surface area contributed by atoms with Crippen molar-refractivity contribution in [3.05, 3.63) is 35.9 Å². The van der Waals surface area contributed by atoms with Crippen molar-refractivity contribution >= 4 is 5.78 Å². The van der Waals surface area contributed by atoms with Gasteiger partial charge in [-0.15, -0.1) is 0 Å². The van der Waals surface area contributed by atoms with Gasteiger partial charge < -0.3 is 0 Å². The SMILES string of the molecule is CC[C@@H](C(=O)C(C)(C)C)c1ccccc1. The smallest absolute Gasteiger partial charge is 0.145 e. The Bertz CT molecular complexity index is 319. The van der Waals surface area contributed by atoms with Gasteiger partial charge in [0.2, 0.25) is 0 Å². The zero-order chi connectivity index (χ0) is 11.5. The molecule has 0 fully saturated rings. The second kappa shape index (κ2) is 4.61. The number of benzene rings is 1. The van der Waals surface area contributed by atoms with Gasteiger partial charge >= 0.3 is 0 Å². The monoisotopic (exact) mass is 204 g/mol. The summed E-state index contributed by atoms with van der Waals surface area (Å²) >= 11 is 0. The summed E-state index contributed by atoms with van der Waals surface area (Å²) in [5.74, 6) is 0.377. The van der Waals surface area contributed by atoms with Gasteiger partial charge in [0.1, 0.15) is 5.78 Å². The zero-order valence-corrected chi connectivity index (χ0v) is 10.1. The van der Waals surface area contributed by atoms with Gasteiger partial charge in [-0.3, -0.25) is 4.79 Å². The van der Waals surface area contributed by atoms with Gasteiger partial charge in [-0.25, -0.2) is 0 Å². The van der Waals surface area contributed by atoms with E-state index >= 15 is 0 Å². The molecule has 0 N–H and O–H groups in total. The van der Waals surface area contributed by atoms with Crippen LogP contribution in [0.15, 0.2) is 30.3 Å². The number of ketones is 1. The third kappa shape index (κ3) is 2.92. The molecule has 1 aromatic carbocycles. The molecule has 1 atom stereocenters. The van der Waals surface area contributed by atoms with Crippen LogP contribution >= 0.6 is 0 Å². The van der Waals surface area contributed by atoms with Gasteiger partial charge in [-0.05, 0) is 12.0 Å². The van der Waals surface area contributed by atoms with Crippen LogP contribution in [0.2, 0.25) is 0 Å². The lowest BCUT2D eigenvalue weighted by Gasteiger charge is -2.24. The highest BCUT2D eigenvalue weighted by atomic mass is 16.1. The fourth-order valence-electron chi connectivity index (χ4n) is 1.78. The first-order valence-electron chi connectivity index (χ1n) is 5.56. The lowest BCUT2D eigenvalue weighted by atomic mass is 9.79. The van der Waals surface area contributed by atoms with Crippen molar-refractivity contribution in [3.63, 3.8) is 0 Å². The van der Waals surface area contributed by atoms with E-state index in [0.29, 0.717) is 5.78 Å². The van der Waals surface area contributed by atoms with Crippen LogP contribution in [0, 0.1) is 5.41 Å². The van der Waals surface area contributed by atoms with Gasteiger partial charge in [0.05, 0.1) is 0 Å². The molecule has 0 unspecified atom stereocenters. The number of carbonyl (C=O) groups is 1. The predicted octanol–water partition coefficient (Wildman–Crippen LogP) is 3.80. The second-order valence-corrected chi connectivity index (χ2v) is 4.99. The van der Waals surface area contributed by atoms with E-state index in [9.17, 15) is 4.79 Å². The topological polar surface area (TPSA) is 17.1 Å². The average molecular weight is 204 g/mol. The molecule has 0 heterocycles. The maximum absolute atomic E-state index is 12.2. The molecule has 0 saturated heterocycles. The van der Waals surface area contributed by atoms with E-state index in [1.807, 2.05) is 51.1 Å². The first kappa shape index (κ1) is 12.0. The second-order valence-electron chi connectivity index (χ2n) is 4.99. The molecule has 1 nitrogen and oxygen atoms in total. The molecule has 0 aliphatic heterocycles. The summed E-state index contributed by atoms with van der Waals surface area (Å²) in [5.41, 5.74) is 0.885. The Labute approximate surface area is 92.5 Å². The number of carbonyl (C=O) groups excluding carboxylic acids is 1. The highest BCUT2D eigenvalue weighted by Gasteiger charge is 2.29. The Balaban J connectivity index is 2.96. The fourth-order valence-corrected chi connectivity index (χ4v) is 1.78. The normalized spacial score (nSPS) is 13.6. The van der Waals surface area contributed by atoms with Gasteiger partial charge in [0.25, 0.3) is 0 Å². The third-order valence-corrected chi connectivity index (χ3v) is 2.67. The summed E-state index contributed by atoms with van der Waals surface area (Å²) in [6.45, 7) is 8.03.